The van der Waals surface area contributed by atoms with E-state index in [1.54, 1.807) is 0 Å². The van der Waals surface area contributed by atoms with Crippen LogP contribution in [0.4, 0.5) is 0 Å². The lowest BCUT2D eigenvalue weighted by molar-refractivity contribution is -0.122. The first-order valence-electron chi connectivity index (χ1n) is 10.0. The van der Waals surface area contributed by atoms with E-state index in [1.807, 2.05) is 22.6 Å². The van der Waals surface area contributed by atoms with Crippen molar-refractivity contribution < 1.29 is 38.4 Å². The van der Waals surface area contributed by atoms with E-state index >= 15 is 0 Å². The number of nitrogens with two attached hydrogens (primary N) is 2. The quantitative estimate of drug-likeness (QED) is 0.0378. The molecule has 0 aromatic heterocycles. The van der Waals surface area contributed by atoms with Crippen LogP contribution >= 0.6 is 47.0 Å². The van der Waals surface area contributed by atoms with Gasteiger partial charge in [-0.2, -0.15) is 12.6 Å². The molecule has 0 saturated carbocycles. The van der Waals surface area contributed by atoms with Gasteiger partial charge in [-0.05, 0) is 13.8 Å². The summed E-state index contributed by atoms with van der Waals surface area (Å²) >= 11 is 7.09. The van der Waals surface area contributed by atoms with Gasteiger partial charge in [0.05, 0.1) is 10.2 Å². The lowest BCUT2D eigenvalue weighted by Gasteiger charge is -2.23. The average Bonchev–Trinajstić information content (AvgIpc) is 2.80. The molecule has 0 aliphatic carbocycles. The fourth-order valence-corrected chi connectivity index (χ4v) is 3.57. The second-order valence-electron chi connectivity index (χ2n) is 6.69. The van der Waals surface area contributed by atoms with Gasteiger partial charge in [0.1, 0.15) is 12.1 Å². The van der Waals surface area contributed by atoms with Gasteiger partial charge >= 0.3 is 0 Å². The number of hydrogen-bond donors (Lipinski definition) is 7. The normalized spacial score (nSPS) is 12.4. The molecule has 14 nitrogen and oxygen atoms in total. The second kappa shape index (κ2) is 26.6. The maximum absolute atomic E-state index is 11.4. The third kappa shape index (κ3) is 26.5. The Hall–Kier alpha value is -2.41. The van der Waals surface area contributed by atoms with E-state index in [4.69, 9.17) is 5.73 Å². The molecule has 4 atom stereocenters. The fourth-order valence-electron chi connectivity index (χ4n) is 2.13. The van der Waals surface area contributed by atoms with Gasteiger partial charge in [0, 0.05) is 30.5 Å². The van der Waals surface area contributed by atoms with Crippen LogP contribution in [0.1, 0.15) is 28.2 Å². The summed E-state index contributed by atoms with van der Waals surface area (Å²) in [6.45, 7) is 4.42. The van der Waals surface area contributed by atoms with Crippen molar-refractivity contribution in [1.82, 2.24) is 21.3 Å². The number of alkyl halides is 1. The van der Waals surface area contributed by atoms with E-state index in [1.165, 1.54) is 20.8 Å². The smallest absolute Gasteiger partial charge is 0.227 e. The SMILES string of the molecule is C.CC(=O)C(NC=O)C(S)CNC=O.CC(=O)NCC(SCC(N)=O)C(NC=O)C(C)=O.NC(=O)CI. The number of thioether (sulfide) groups is 1. The summed E-state index contributed by atoms with van der Waals surface area (Å²) in [7, 11) is 0. The molecule has 214 valence electrons. The number of halogens is 1. The minimum atomic E-state index is -0.765. The highest BCUT2D eigenvalue weighted by atomic mass is 127. The van der Waals surface area contributed by atoms with Crippen LogP contribution < -0.4 is 32.7 Å². The molecule has 8 N–H and O–H groups in total. The number of ketones is 2. The van der Waals surface area contributed by atoms with Crippen LogP contribution in [0.2, 0.25) is 0 Å². The molecular weight excluding hydrogens is 643 g/mol. The number of primary amides is 2. The molecule has 37 heavy (non-hydrogen) atoms. The van der Waals surface area contributed by atoms with Crippen molar-refractivity contribution in [1.29, 1.82) is 0 Å². The predicted molar refractivity (Wildman–Crippen MR) is 153 cm³/mol. The summed E-state index contributed by atoms with van der Waals surface area (Å²) in [4.78, 5) is 84.0. The third-order valence-electron chi connectivity index (χ3n) is 3.66. The van der Waals surface area contributed by atoms with Crippen LogP contribution in [-0.4, -0.2) is 94.4 Å². The highest BCUT2D eigenvalue weighted by molar-refractivity contribution is 14.1. The van der Waals surface area contributed by atoms with Gasteiger partial charge in [-0.15, -0.1) is 11.8 Å². The molecule has 0 bridgehead atoms. The first kappa shape index (κ1) is 41.7. The Bertz CT molecular complexity index is 730. The standard InChI is InChI=1S/C10H17N3O4S.C7H12N2O3S.C2H4INO.CH4/c1-6(15)10(13-5-14)8(3-12-7(2)16)18-4-9(11)17;1-5(12)7(9-4-11)6(13)2-8-3-10;3-1-2(4)5;/h5,8,10H,3-4H2,1-2H3,(H2,11,17)(H,12,16)(H,13,14);3-4,6-7,13H,2H2,1H3,(H,8,10)(H,9,11);1H2,(H2,4,5);1H4. The molecule has 0 aliphatic rings. The van der Waals surface area contributed by atoms with Gasteiger partial charge in [0.25, 0.3) is 0 Å². The summed E-state index contributed by atoms with van der Waals surface area (Å²) in [5, 5.41) is 8.77. The van der Waals surface area contributed by atoms with E-state index in [0.29, 0.717) is 23.7 Å². The summed E-state index contributed by atoms with van der Waals surface area (Å²) in [6, 6.07) is -1.42. The molecule has 0 spiro atoms. The maximum Gasteiger partial charge on any atom is 0.227 e. The minimum Gasteiger partial charge on any atom is -0.369 e. The second-order valence-corrected chi connectivity index (χ2v) is 9.35. The fraction of sp³-hybridized carbons (Fsp3) is 0.600. The number of nitrogens with one attached hydrogen (secondary N) is 4. The molecule has 0 aromatic rings. The Morgan fingerprint density at radius 2 is 1.32 bits per heavy atom. The first-order chi connectivity index (χ1) is 16.8. The molecule has 0 heterocycles. The summed E-state index contributed by atoms with van der Waals surface area (Å²) in [6.07, 6.45) is 1.37. The minimum absolute atomic E-state index is 0. The van der Waals surface area contributed by atoms with E-state index in [0.717, 1.165) is 11.8 Å². The lowest BCUT2D eigenvalue weighted by atomic mass is 10.1. The highest BCUT2D eigenvalue weighted by Gasteiger charge is 2.26. The molecule has 0 aromatic carbocycles. The highest BCUT2D eigenvalue weighted by Crippen LogP contribution is 2.15. The van der Waals surface area contributed by atoms with Crippen molar-refractivity contribution >= 4 is 95.5 Å². The molecular formula is C20H37IN6O8S2. The van der Waals surface area contributed by atoms with Crippen LogP contribution in [0.15, 0.2) is 0 Å². The lowest BCUT2D eigenvalue weighted by Crippen LogP contribution is -2.48. The molecule has 0 saturated heterocycles. The molecule has 0 radical (unpaired) electrons. The van der Waals surface area contributed by atoms with E-state index < -0.39 is 28.5 Å². The van der Waals surface area contributed by atoms with Gasteiger partial charge in [-0.1, -0.05) is 30.0 Å². The summed E-state index contributed by atoms with van der Waals surface area (Å²) in [5.74, 6) is -1.48. The predicted octanol–water partition coefficient (Wildman–Crippen LogP) is -2.31. The van der Waals surface area contributed by atoms with E-state index in [-0.39, 0.29) is 49.6 Å². The number of Topliss-reactive ketones (excluding diaryl/α,β-unsaturated/α-hetero) is 2. The average molecular weight is 681 g/mol. The third-order valence-corrected chi connectivity index (χ3v) is 6.21. The molecule has 0 fully saturated rings. The Labute approximate surface area is 239 Å². The number of carbonyl (C=O) groups is 8. The molecule has 17 heteroatoms. The number of rotatable bonds is 17. The van der Waals surface area contributed by atoms with Gasteiger partial charge in [0.15, 0.2) is 11.6 Å². The Balaban J connectivity index is -0.000000251. The zero-order valence-corrected chi connectivity index (χ0v) is 23.9. The zero-order chi connectivity index (χ0) is 28.7. The molecule has 0 aliphatic heterocycles. The molecule has 6 amide bonds. The first-order valence-corrected chi connectivity index (χ1v) is 13.1. The molecule has 0 rings (SSSR count). The Morgan fingerprint density at radius 3 is 1.65 bits per heavy atom. The van der Waals surface area contributed by atoms with Crippen molar-refractivity contribution in [3.8, 4) is 0 Å². The Kier molecular flexibility index (Phi) is 30.0. The van der Waals surface area contributed by atoms with Crippen molar-refractivity contribution in [2.75, 3.05) is 23.3 Å². The maximum atomic E-state index is 11.4. The van der Waals surface area contributed by atoms with Crippen molar-refractivity contribution in [3.63, 3.8) is 0 Å². The van der Waals surface area contributed by atoms with Gasteiger partial charge < -0.3 is 32.7 Å². The monoisotopic (exact) mass is 680 g/mol. The summed E-state index contributed by atoms with van der Waals surface area (Å²) in [5.41, 5.74) is 9.67. The van der Waals surface area contributed by atoms with Crippen molar-refractivity contribution in [2.45, 2.75) is 50.8 Å². The molecule has 4 unspecified atom stereocenters. The van der Waals surface area contributed by atoms with Crippen molar-refractivity contribution in [2.24, 2.45) is 11.5 Å². The number of carbonyl (C=O) groups excluding carboxylic acids is 8. The van der Waals surface area contributed by atoms with Gasteiger partial charge in [-0.3, -0.25) is 38.4 Å². The number of amides is 6. The van der Waals surface area contributed by atoms with Gasteiger partial charge in [-0.25, -0.2) is 0 Å². The number of thiol groups is 1. The van der Waals surface area contributed by atoms with E-state index in [9.17, 15) is 38.4 Å². The van der Waals surface area contributed by atoms with Crippen molar-refractivity contribution in [3.05, 3.63) is 0 Å². The van der Waals surface area contributed by atoms with Gasteiger partial charge in [0.2, 0.25) is 37.0 Å². The largest absolute Gasteiger partial charge is 0.369 e. The van der Waals surface area contributed by atoms with E-state index in [2.05, 4.69) is 39.6 Å². The summed E-state index contributed by atoms with van der Waals surface area (Å²) < 4.78 is 0.414. The van der Waals surface area contributed by atoms with Crippen LogP contribution in [0, 0.1) is 0 Å². The van der Waals surface area contributed by atoms with Crippen LogP contribution in [0.25, 0.3) is 0 Å². The number of hydrogen-bond acceptors (Lipinski definition) is 10. The topological polar surface area (TPSA) is 237 Å². The Morgan fingerprint density at radius 1 is 0.865 bits per heavy atom. The van der Waals surface area contributed by atoms with Crippen LogP contribution in [0.3, 0.4) is 0 Å². The van der Waals surface area contributed by atoms with Crippen LogP contribution in [-0.2, 0) is 38.4 Å². The van der Waals surface area contributed by atoms with Crippen LogP contribution in [0.5, 0.6) is 0 Å². The zero-order valence-electron chi connectivity index (χ0n) is 20.0.